The zero-order valence-electron chi connectivity index (χ0n) is 9.55. The Morgan fingerprint density at radius 1 is 1.67 bits per heavy atom. The Kier molecular flexibility index (Phi) is 5.43. The maximum Gasteiger partial charge on any atom is 0.0647 e. The minimum Gasteiger partial charge on any atom is -0.392 e. The predicted molar refractivity (Wildman–Crippen MR) is 63.3 cm³/mol. The van der Waals surface area contributed by atoms with Crippen molar-refractivity contribution in [3.63, 3.8) is 0 Å². The van der Waals surface area contributed by atoms with Crippen molar-refractivity contribution in [2.45, 2.75) is 25.7 Å². The SMILES string of the molecule is C=C(CC1CCC=C(CO)C1)NCNC. The Labute approximate surface area is 92.3 Å². The minimum atomic E-state index is 0.215. The van der Waals surface area contributed by atoms with Gasteiger partial charge in [0.1, 0.15) is 0 Å². The molecule has 0 aliphatic heterocycles. The molecule has 15 heavy (non-hydrogen) atoms. The quantitative estimate of drug-likeness (QED) is 0.458. The van der Waals surface area contributed by atoms with E-state index in [1.54, 1.807) is 0 Å². The number of nitrogens with one attached hydrogen (secondary N) is 2. The Bertz CT molecular complexity index is 236. The molecule has 0 saturated heterocycles. The molecule has 0 aromatic rings. The second kappa shape index (κ2) is 6.64. The summed E-state index contributed by atoms with van der Waals surface area (Å²) >= 11 is 0. The average molecular weight is 210 g/mol. The van der Waals surface area contributed by atoms with Crippen molar-refractivity contribution in [1.82, 2.24) is 10.6 Å². The molecular formula is C12H22N2O. The van der Waals surface area contributed by atoms with E-state index in [9.17, 15) is 0 Å². The summed E-state index contributed by atoms with van der Waals surface area (Å²) in [5.41, 5.74) is 2.28. The molecule has 3 heteroatoms. The summed E-state index contributed by atoms with van der Waals surface area (Å²) in [7, 11) is 1.91. The largest absolute Gasteiger partial charge is 0.392 e. The van der Waals surface area contributed by atoms with Crippen LogP contribution in [0, 0.1) is 5.92 Å². The highest BCUT2D eigenvalue weighted by Crippen LogP contribution is 2.27. The summed E-state index contributed by atoms with van der Waals surface area (Å²) < 4.78 is 0. The fourth-order valence-electron chi connectivity index (χ4n) is 2.02. The van der Waals surface area contributed by atoms with Gasteiger partial charge in [-0.2, -0.15) is 0 Å². The molecule has 0 bridgehead atoms. The zero-order chi connectivity index (χ0) is 11.1. The highest BCUT2D eigenvalue weighted by molar-refractivity contribution is 5.08. The van der Waals surface area contributed by atoms with E-state index < -0.39 is 0 Å². The van der Waals surface area contributed by atoms with Crippen LogP contribution in [-0.4, -0.2) is 25.4 Å². The van der Waals surface area contributed by atoms with E-state index in [4.69, 9.17) is 5.11 Å². The van der Waals surface area contributed by atoms with Crippen LogP contribution < -0.4 is 10.6 Å². The molecule has 0 amide bonds. The van der Waals surface area contributed by atoms with Crippen LogP contribution in [0.25, 0.3) is 0 Å². The van der Waals surface area contributed by atoms with E-state index in [-0.39, 0.29) is 6.61 Å². The van der Waals surface area contributed by atoms with Gasteiger partial charge in [0.05, 0.1) is 13.3 Å². The van der Waals surface area contributed by atoms with Crippen molar-refractivity contribution in [1.29, 1.82) is 0 Å². The van der Waals surface area contributed by atoms with Crippen molar-refractivity contribution in [3.8, 4) is 0 Å². The smallest absolute Gasteiger partial charge is 0.0647 e. The van der Waals surface area contributed by atoms with Gasteiger partial charge in [-0.1, -0.05) is 12.7 Å². The third-order valence-electron chi connectivity index (χ3n) is 2.81. The van der Waals surface area contributed by atoms with Gasteiger partial charge in [-0.15, -0.1) is 0 Å². The summed E-state index contributed by atoms with van der Waals surface area (Å²) in [5, 5.41) is 15.3. The molecule has 0 radical (unpaired) electrons. The van der Waals surface area contributed by atoms with Gasteiger partial charge < -0.3 is 15.7 Å². The standard InChI is InChI=1S/C12H22N2O/c1-10(14-9-13-2)6-11-4-3-5-12(7-11)8-15/h5,11,13-15H,1,3-4,6-9H2,2H3. The molecule has 1 rings (SSSR count). The number of aliphatic hydroxyl groups excluding tert-OH is 1. The lowest BCUT2D eigenvalue weighted by atomic mass is 9.86. The number of hydrogen-bond acceptors (Lipinski definition) is 3. The zero-order valence-corrected chi connectivity index (χ0v) is 9.55. The van der Waals surface area contributed by atoms with Gasteiger partial charge >= 0.3 is 0 Å². The van der Waals surface area contributed by atoms with Gasteiger partial charge in [-0.3, -0.25) is 0 Å². The molecule has 0 heterocycles. The molecule has 1 unspecified atom stereocenters. The fourth-order valence-corrected chi connectivity index (χ4v) is 2.02. The first-order valence-electron chi connectivity index (χ1n) is 5.61. The van der Waals surface area contributed by atoms with Crippen LogP contribution in [0.1, 0.15) is 25.7 Å². The summed E-state index contributed by atoms with van der Waals surface area (Å²) in [6.07, 6.45) is 6.51. The second-order valence-electron chi connectivity index (χ2n) is 4.18. The molecule has 0 spiro atoms. The monoisotopic (exact) mass is 210 g/mol. The maximum absolute atomic E-state index is 9.07. The fraction of sp³-hybridized carbons (Fsp3) is 0.667. The summed E-state index contributed by atoms with van der Waals surface area (Å²) in [4.78, 5) is 0. The van der Waals surface area contributed by atoms with Gasteiger partial charge in [-0.25, -0.2) is 0 Å². The van der Waals surface area contributed by atoms with Crippen LogP contribution in [0.3, 0.4) is 0 Å². The Morgan fingerprint density at radius 2 is 2.47 bits per heavy atom. The van der Waals surface area contributed by atoms with Crippen molar-refractivity contribution >= 4 is 0 Å². The van der Waals surface area contributed by atoms with E-state index in [0.29, 0.717) is 5.92 Å². The van der Waals surface area contributed by atoms with Crippen LogP contribution in [0.15, 0.2) is 23.9 Å². The van der Waals surface area contributed by atoms with E-state index in [0.717, 1.165) is 31.6 Å². The molecule has 1 atom stereocenters. The van der Waals surface area contributed by atoms with Crippen molar-refractivity contribution in [2.24, 2.45) is 5.92 Å². The van der Waals surface area contributed by atoms with Crippen LogP contribution in [0.5, 0.6) is 0 Å². The van der Waals surface area contributed by atoms with E-state index in [2.05, 4.69) is 23.3 Å². The molecule has 3 nitrogen and oxygen atoms in total. The Balaban J connectivity index is 2.27. The first-order chi connectivity index (χ1) is 7.26. The molecule has 1 aliphatic rings. The molecule has 86 valence electrons. The summed E-state index contributed by atoms with van der Waals surface area (Å²) in [5.74, 6) is 0.647. The lowest BCUT2D eigenvalue weighted by molar-refractivity contribution is 0.310. The van der Waals surface area contributed by atoms with E-state index >= 15 is 0 Å². The van der Waals surface area contributed by atoms with Gasteiger partial charge in [-0.05, 0) is 44.2 Å². The summed E-state index contributed by atoms with van der Waals surface area (Å²) in [6.45, 7) is 4.99. The number of aliphatic hydroxyl groups is 1. The topological polar surface area (TPSA) is 44.3 Å². The minimum absolute atomic E-state index is 0.215. The first kappa shape index (κ1) is 12.3. The predicted octanol–water partition coefficient (Wildman–Crippen LogP) is 1.38. The van der Waals surface area contributed by atoms with Gasteiger partial charge in [0, 0.05) is 5.70 Å². The highest BCUT2D eigenvalue weighted by Gasteiger charge is 2.15. The van der Waals surface area contributed by atoms with E-state index in [1.165, 1.54) is 12.0 Å². The van der Waals surface area contributed by atoms with Crippen molar-refractivity contribution in [2.75, 3.05) is 20.3 Å². The summed E-state index contributed by atoms with van der Waals surface area (Å²) in [6, 6.07) is 0. The molecular weight excluding hydrogens is 188 g/mol. The van der Waals surface area contributed by atoms with Gasteiger partial charge in [0.25, 0.3) is 0 Å². The Morgan fingerprint density at radius 3 is 3.13 bits per heavy atom. The third kappa shape index (κ3) is 4.49. The van der Waals surface area contributed by atoms with Crippen LogP contribution in [-0.2, 0) is 0 Å². The number of hydrogen-bond donors (Lipinski definition) is 3. The van der Waals surface area contributed by atoms with Crippen LogP contribution >= 0.6 is 0 Å². The molecule has 0 fully saturated rings. The molecule has 0 saturated carbocycles. The lowest BCUT2D eigenvalue weighted by Crippen LogP contribution is -2.26. The van der Waals surface area contributed by atoms with Gasteiger partial charge in [0.15, 0.2) is 0 Å². The van der Waals surface area contributed by atoms with Crippen molar-refractivity contribution in [3.05, 3.63) is 23.9 Å². The third-order valence-corrected chi connectivity index (χ3v) is 2.81. The molecule has 0 aromatic carbocycles. The molecule has 3 N–H and O–H groups in total. The van der Waals surface area contributed by atoms with Crippen LogP contribution in [0.2, 0.25) is 0 Å². The van der Waals surface area contributed by atoms with Crippen molar-refractivity contribution < 1.29 is 5.11 Å². The number of allylic oxidation sites excluding steroid dienone is 2. The average Bonchev–Trinajstić information content (AvgIpc) is 2.26. The first-order valence-corrected chi connectivity index (χ1v) is 5.61. The molecule has 0 aromatic heterocycles. The van der Waals surface area contributed by atoms with Crippen LogP contribution in [0.4, 0.5) is 0 Å². The number of rotatable bonds is 6. The lowest BCUT2D eigenvalue weighted by Gasteiger charge is -2.23. The maximum atomic E-state index is 9.07. The highest BCUT2D eigenvalue weighted by atomic mass is 16.3. The van der Waals surface area contributed by atoms with Gasteiger partial charge in [0.2, 0.25) is 0 Å². The normalized spacial score (nSPS) is 20.9. The molecule has 1 aliphatic carbocycles. The second-order valence-corrected chi connectivity index (χ2v) is 4.18. The Hall–Kier alpha value is -0.800. The van der Waals surface area contributed by atoms with E-state index in [1.807, 2.05) is 7.05 Å².